The van der Waals surface area contributed by atoms with Crippen molar-refractivity contribution in [1.82, 2.24) is 4.98 Å². The number of rotatable bonds is 3. The van der Waals surface area contributed by atoms with Gasteiger partial charge in [-0.25, -0.2) is 4.98 Å². The van der Waals surface area contributed by atoms with Crippen LogP contribution in [-0.2, 0) is 4.79 Å². The number of nitrogens with zero attached hydrogens (tertiary/aromatic N) is 1. The van der Waals surface area contributed by atoms with Crippen LogP contribution in [0.25, 0.3) is 0 Å². The highest BCUT2D eigenvalue weighted by Gasteiger charge is 2.17. The summed E-state index contributed by atoms with van der Waals surface area (Å²) in [6.07, 6.45) is 1.48. The van der Waals surface area contributed by atoms with E-state index >= 15 is 0 Å². The largest absolute Gasteiger partial charge is 0.323 e. The van der Waals surface area contributed by atoms with Crippen LogP contribution in [0, 0.1) is 0 Å². The van der Waals surface area contributed by atoms with Gasteiger partial charge in [0.2, 0.25) is 5.91 Å². The third kappa shape index (κ3) is 3.22. The maximum Gasteiger partial charge on any atom is 0.247 e. The molecule has 2 rings (SSSR count). The predicted octanol–water partition coefficient (Wildman–Crippen LogP) is 3.65. The minimum Gasteiger partial charge on any atom is -0.323 e. The summed E-state index contributed by atoms with van der Waals surface area (Å²) in [5, 5.41) is 2.31. The maximum absolute atomic E-state index is 11.9. The highest BCUT2D eigenvalue weighted by Crippen LogP contribution is 2.22. The molecule has 1 aromatic carbocycles. The molecule has 1 atom stereocenters. The average molecular weight is 281 g/mol. The molecule has 92 valence electrons. The summed E-state index contributed by atoms with van der Waals surface area (Å²) in [5.74, 6) is -0.299. The van der Waals surface area contributed by atoms with Gasteiger partial charge in [0.05, 0.1) is 11.9 Å². The third-order valence-electron chi connectivity index (χ3n) is 2.32. The summed E-state index contributed by atoms with van der Waals surface area (Å²) < 4.78 is 0. The van der Waals surface area contributed by atoms with E-state index in [-0.39, 0.29) is 5.91 Å². The average Bonchev–Trinajstić information content (AvgIpc) is 2.41. The second-order valence-electron chi connectivity index (χ2n) is 3.63. The first-order chi connectivity index (χ1) is 8.66. The molecule has 1 amide bonds. The Hall–Kier alpha value is -1.58. The molecule has 1 heterocycles. The van der Waals surface area contributed by atoms with Crippen LogP contribution >= 0.6 is 23.2 Å². The van der Waals surface area contributed by atoms with Crippen LogP contribution < -0.4 is 5.32 Å². The summed E-state index contributed by atoms with van der Waals surface area (Å²) in [5.41, 5.74) is 1.31. The molecule has 0 aliphatic rings. The number of hydrogen-bond donors (Lipinski definition) is 1. The third-order valence-corrected chi connectivity index (χ3v) is 2.99. The van der Waals surface area contributed by atoms with E-state index in [0.29, 0.717) is 10.8 Å². The van der Waals surface area contributed by atoms with E-state index in [2.05, 4.69) is 10.3 Å². The standard InChI is InChI=1S/C13H10Cl2N2O/c14-11-7-6-10(8-16-11)17-13(18)12(15)9-4-2-1-3-5-9/h1-8,12H,(H,17,18). The van der Waals surface area contributed by atoms with E-state index < -0.39 is 5.38 Å². The van der Waals surface area contributed by atoms with Crippen molar-refractivity contribution in [3.05, 3.63) is 59.4 Å². The van der Waals surface area contributed by atoms with Crippen LogP contribution in [-0.4, -0.2) is 10.9 Å². The maximum atomic E-state index is 11.9. The zero-order valence-corrected chi connectivity index (χ0v) is 10.8. The van der Waals surface area contributed by atoms with Crippen LogP contribution in [0.15, 0.2) is 48.7 Å². The van der Waals surface area contributed by atoms with Crippen molar-refractivity contribution in [1.29, 1.82) is 0 Å². The topological polar surface area (TPSA) is 42.0 Å². The van der Waals surface area contributed by atoms with Crippen LogP contribution in [0.5, 0.6) is 0 Å². The minimum absolute atomic E-state index is 0.299. The van der Waals surface area contributed by atoms with Crippen LogP contribution in [0.4, 0.5) is 5.69 Å². The fourth-order valence-electron chi connectivity index (χ4n) is 1.43. The van der Waals surface area contributed by atoms with Crippen molar-refractivity contribution in [3.8, 4) is 0 Å². The summed E-state index contributed by atoms with van der Waals surface area (Å²) in [6.45, 7) is 0. The predicted molar refractivity (Wildman–Crippen MR) is 72.9 cm³/mol. The molecule has 3 nitrogen and oxygen atoms in total. The molecule has 0 spiro atoms. The lowest BCUT2D eigenvalue weighted by molar-refractivity contribution is -0.116. The quantitative estimate of drug-likeness (QED) is 0.689. The van der Waals surface area contributed by atoms with Gasteiger partial charge in [-0.2, -0.15) is 0 Å². The van der Waals surface area contributed by atoms with Gasteiger partial charge < -0.3 is 5.32 Å². The summed E-state index contributed by atoms with van der Waals surface area (Å²) in [4.78, 5) is 15.8. The van der Waals surface area contributed by atoms with Gasteiger partial charge in [0.25, 0.3) is 0 Å². The molecule has 0 aliphatic carbocycles. The number of carbonyl (C=O) groups excluding carboxylic acids is 1. The number of alkyl halides is 1. The van der Waals surface area contributed by atoms with Crippen molar-refractivity contribution in [3.63, 3.8) is 0 Å². The van der Waals surface area contributed by atoms with Crippen molar-refractivity contribution in [2.45, 2.75) is 5.38 Å². The zero-order chi connectivity index (χ0) is 13.0. The lowest BCUT2D eigenvalue weighted by Gasteiger charge is -2.10. The highest BCUT2D eigenvalue weighted by atomic mass is 35.5. The minimum atomic E-state index is -0.734. The Balaban J connectivity index is 2.06. The Morgan fingerprint density at radius 1 is 1.17 bits per heavy atom. The molecule has 1 aromatic heterocycles. The van der Waals surface area contributed by atoms with Crippen molar-refractivity contribution >= 4 is 34.8 Å². The van der Waals surface area contributed by atoms with Crippen molar-refractivity contribution in [2.75, 3.05) is 5.32 Å². The van der Waals surface area contributed by atoms with Gasteiger partial charge in [-0.15, -0.1) is 11.6 Å². The fourth-order valence-corrected chi connectivity index (χ4v) is 1.74. The molecule has 0 bridgehead atoms. The van der Waals surface area contributed by atoms with Gasteiger partial charge >= 0.3 is 0 Å². The van der Waals surface area contributed by atoms with Gasteiger partial charge in [0.15, 0.2) is 0 Å². The Morgan fingerprint density at radius 2 is 1.89 bits per heavy atom. The number of carbonyl (C=O) groups is 1. The van der Waals surface area contributed by atoms with Gasteiger partial charge in [-0.05, 0) is 17.7 Å². The first-order valence-electron chi connectivity index (χ1n) is 5.28. The van der Waals surface area contributed by atoms with E-state index in [9.17, 15) is 4.79 Å². The Morgan fingerprint density at radius 3 is 2.50 bits per heavy atom. The number of anilines is 1. The van der Waals surface area contributed by atoms with Gasteiger partial charge in [-0.1, -0.05) is 41.9 Å². The Kier molecular flexibility index (Phi) is 4.18. The van der Waals surface area contributed by atoms with Crippen molar-refractivity contribution in [2.24, 2.45) is 0 Å². The number of benzene rings is 1. The summed E-state index contributed by atoms with van der Waals surface area (Å²) in [7, 11) is 0. The number of hydrogen-bond acceptors (Lipinski definition) is 2. The number of nitrogens with one attached hydrogen (secondary N) is 1. The van der Waals surface area contributed by atoms with Gasteiger partial charge in [-0.3, -0.25) is 4.79 Å². The SMILES string of the molecule is O=C(Nc1ccc(Cl)nc1)C(Cl)c1ccccc1. The molecular weight excluding hydrogens is 271 g/mol. The molecule has 1 N–H and O–H groups in total. The first kappa shape index (κ1) is 12.9. The molecular formula is C13H10Cl2N2O. The molecule has 0 fully saturated rings. The second kappa shape index (κ2) is 5.85. The molecule has 0 saturated carbocycles. The molecule has 1 unspecified atom stereocenters. The molecule has 0 saturated heterocycles. The summed E-state index contributed by atoms with van der Waals surface area (Å²) >= 11 is 11.7. The van der Waals surface area contributed by atoms with E-state index in [1.54, 1.807) is 24.3 Å². The number of pyridine rings is 1. The van der Waals surface area contributed by atoms with E-state index in [1.165, 1.54) is 6.20 Å². The van der Waals surface area contributed by atoms with Crippen LogP contribution in [0.2, 0.25) is 5.15 Å². The highest BCUT2D eigenvalue weighted by molar-refractivity contribution is 6.32. The fraction of sp³-hybridized carbons (Fsp3) is 0.0769. The molecule has 18 heavy (non-hydrogen) atoms. The van der Waals surface area contributed by atoms with Crippen LogP contribution in [0.1, 0.15) is 10.9 Å². The number of aromatic nitrogens is 1. The monoisotopic (exact) mass is 280 g/mol. The van der Waals surface area contributed by atoms with E-state index in [4.69, 9.17) is 23.2 Å². The first-order valence-corrected chi connectivity index (χ1v) is 6.09. The molecule has 5 heteroatoms. The van der Waals surface area contributed by atoms with E-state index in [0.717, 1.165) is 5.56 Å². The molecule has 2 aromatic rings. The smallest absolute Gasteiger partial charge is 0.247 e. The van der Waals surface area contributed by atoms with Crippen molar-refractivity contribution < 1.29 is 4.79 Å². The van der Waals surface area contributed by atoms with E-state index in [1.807, 2.05) is 18.2 Å². The Bertz CT molecular complexity index is 528. The second-order valence-corrected chi connectivity index (χ2v) is 4.46. The summed E-state index contributed by atoms with van der Waals surface area (Å²) in [6, 6.07) is 12.4. The molecule has 0 radical (unpaired) electrons. The lowest BCUT2D eigenvalue weighted by Crippen LogP contribution is -2.17. The number of halogens is 2. The Labute approximate surface area is 115 Å². The van der Waals surface area contributed by atoms with Gasteiger partial charge in [0.1, 0.15) is 10.5 Å². The van der Waals surface area contributed by atoms with Gasteiger partial charge in [0, 0.05) is 0 Å². The lowest BCUT2D eigenvalue weighted by atomic mass is 10.1. The zero-order valence-electron chi connectivity index (χ0n) is 9.31. The van der Waals surface area contributed by atoms with Crippen LogP contribution in [0.3, 0.4) is 0 Å². The normalized spacial score (nSPS) is 11.9. The molecule has 0 aliphatic heterocycles. The number of amides is 1.